The smallest absolute Gasteiger partial charge is 0.372 e. The first-order valence-electron chi connectivity index (χ1n) is 6.45. The molecule has 0 atom stereocenters. The molecule has 0 radical (unpaired) electrons. The van der Waals surface area contributed by atoms with Gasteiger partial charge in [0, 0.05) is 10.9 Å². The van der Waals surface area contributed by atoms with E-state index in [-0.39, 0.29) is 5.76 Å². The van der Waals surface area contributed by atoms with Crippen LogP contribution in [-0.4, -0.2) is 11.1 Å². The van der Waals surface area contributed by atoms with Crippen molar-refractivity contribution in [1.82, 2.24) is 0 Å². The fourth-order valence-electron chi connectivity index (χ4n) is 2.31. The van der Waals surface area contributed by atoms with Gasteiger partial charge in [0.05, 0.1) is 0 Å². The van der Waals surface area contributed by atoms with Crippen LogP contribution in [0.25, 0.3) is 11.0 Å². The summed E-state index contributed by atoms with van der Waals surface area (Å²) in [6, 6.07) is 5.96. The molecule has 0 aliphatic carbocycles. The molecule has 1 aromatic heterocycles. The average Bonchev–Trinajstić information content (AvgIpc) is 2.69. The lowest BCUT2D eigenvalue weighted by Crippen LogP contribution is -1.98. The molecule has 0 saturated heterocycles. The topological polar surface area (TPSA) is 50.4 Å². The Morgan fingerprint density at radius 3 is 2.56 bits per heavy atom. The molecular formula is C15H18O3. The van der Waals surface area contributed by atoms with Crippen molar-refractivity contribution in [2.24, 2.45) is 0 Å². The number of carboxylic acids is 1. The van der Waals surface area contributed by atoms with Crippen LogP contribution in [-0.2, 0) is 12.8 Å². The molecule has 1 aromatic carbocycles. The Bertz CT molecular complexity index is 566. The molecule has 0 spiro atoms. The van der Waals surface area contributed by atoms with E-state index >= 15 is 0 Å². The van der Waals surface area contributed by atoms with Gasteiger partial charge in [-0.15, -0.1) is 0 Å². The molecule has 0 saturated carbocycles. The molecule has 0 fully saturated rings. The maximum atomic E-state index is 11.2. The quantitative estimate of drug-likeness (QED) is 0.866. The van der Waals surface area contributed by atoms with E-state index in [2.05, 4.69) is 13.0 Å². The summed E-state index contributed by atoms with van der Waals surface area (Å²) in [6.07, 6.45) is 3.74. The van der Waals surface area contributed by atoms with E-state index in [1.54, 1.807) is 0 Å². The van der Waals surface area contributed by atoms with Crippen LogP contribution in [0.3, 0.4) is 0 Å². The highest BCUT2D eigenvalue weighted by molar-refractivity contribution is 5.95. The van der Waals surface area contributed by atoms with Crippen molar-refractivity contribution in [2.75, 3.05) is 0 Å². The number of carbonyl (C=O) groups is 1. The summed E-state index contributed by atoms with van der Waals surface area (Å²) in [7, 11) is 0. The van der Waals surface area contributed by atoms with Crippen molar-refractivity contribution >= 4 is 16.9 Å². The van der Waals surface area contributed by atoms with Gasteiger partial charge in [0.2, 0.25) is 5.76 Å². The van der Waals surface area contributed by atoms with E-state index in [9.17, 15) is 9.90 Å². The molecule has 0 unspecified atom stereocenters. The summed E-state index contributed by atoms with van der Waals surface area (Å²) in [5, 5.41) is 10.1. The monoisotopic (exact) mass is 246 g/mol. The van der Waals surface area contributed by atoms with E-state index in [1.807, 2.05) is 19.1 Å². The molecule has 0 aliphatic heterocycles. The fraction of sp³-hybridized carbons (Fsp3) is 0.400. The minimum atomic E-state index is -0.980. The number of rotatable bonds is 5. The number of hydrogen-bond donors (Lipinski definition) is 1. The van der Waals surface area contributed by atoms with Gasteiger partial charge in [0.1, 0.15) is 5.58 Å². The summed E-state index contributed by atoms with van der Waals surface area (Å²) in [5.41, 5.74) is 2.74. The highest BCUT2D eigenvalue weighted by atomic mass is 16.4. The van der Waals surface area contributed by atoms with Crippen LogP contribution in [0, 0.1) is 0 Å². The van der Waals surface area contributed by atoms with E-state index in [0.29, 0.717) is 5.58 Å². The molecule has 3 heteroatoms. The minimum Gasteiger partial charge on any atom is -0.475 e. The van der Waals surface area contributed by atoms with Gasteiger partial charge >= 0.3 is 5.97 Å². The Balaban J connectivity index is 2.59. The third kappa shape index (κ3) is 2.26. The summed E-state index contributed by atoms with van der Waals surface area (Å²) in [4.78, 5) is 11.2. The van der Waals surface area contributed by atoms with E-state index in [0.717, 1.165) is 36.6 Å². The number of furan rings is 1. The molecule has 2 aromatic rings. The van der Waals surface area contributed by atoms with E-state index < -0.39 is 5.97 Å². The molecule has 0 amide bonds. The molecule has 0 bridgehead atoms. The zero-order valence-corrected chi connectivity index (χ0v) is 10.8. The van der Waals surface area contributed by atoms with Crippen LogP contribution in [0.15, 0.2) is 22.6 Å². The predicted octanol–water partition coefficient (Wildman–Crippen LogP) is 4.04. The second-order valence-corrected chi connectivity index (χ2v) is 4.55. The normalized spacial score (nSPS) is 11.0. The lowest BCUT2D eigenvalue weighted by molar-refractivity contribution is 0.0663. The zero-order valence-electron chi connectivity index (χ0n) is 10.8. The third-order valence-corrected chi connectivity index (χ3v) is 3.09. The lowest BCUT2D eigenvalue weighted by atomic mass is 10.0. The van der Waals surface area contributed by atoms with E-state index in [1.165, 1.54) is 5.56 Å². The van der Waals surface area contributed by atoms with Crippen LogP contribution >= 0.6 is 0 Å². The third-order valence-electron chi connectivity index (χ3n) is 3.09. The van der Waals surface area contributed by atoms with Crippen molar-refractivity contribution in [1.29, 1.82) is 0 Å². The first-order valence-corrected chi connectivity index (χ1v) is 6.45. The highest BCUT2D eigenvalue weighted by Crippen LogP contribution is 2.28. The Kier molecular flexibility index (Phi) is 3.70. The number of benzene rings is 1. The van der Waals surface area contributed by atoms with Crippen LogP contribution in [0.4, 0.5) is 0 Å². The molecule has 1 N–H and O–H groups in total. The average molecular weight is 246 g/mol. The predicted molar refractivity (Wildman–Crippen MR) is 71.2 cm³/mol. The molecule has 2 rings (SSSR count). The molecule has 96 valence electrons. The van der Waals surface area contributed by atoms with Gasteiger partial charge in [-0.3, -0.25) is 0 Å². The number of hydrogen-bond acceptors (Lipinski definition) is 2. The molecule has 3 nitrogen and oxygen atoms in total. The maximum absolute atomic E-state index is 11.2. The number of aryl methyl sites for hydroxylation is 2. The summed E-state index contributed by atoms with van der Waals surface area (Å²) < 4.78 is 5.45. The molecular weight excluding hydrogens is 228 g/mol. The molecule has 18 heavy (non-hydrogen) atoms. The molecule has 0 aliphatic rings. The Morgan fingerprint density at radius 1 is 1.22 bits per heavy atom. The SMILES string of the molecule is CCCc1ccc2oc(C(=O)O)c(CCC)c2c1. The second kappa shape index (κ2) is 5.25. The first-order chi connectivity index (χ1) is 8.67. The minimum absolute atomic E-state index is 0.0977. The summed E-state index contributed by atoms with van der Waals surface area (Å²) >= 11 is 0. The van der Waals surface area contributed by atoms with Gasteiger partial charge in [-0.2, -0.15) is 0 Å². The van der Waals surface area contributed by atoms with Crippen LogP contribution in [0.2, 0.25) is 0 Å². The largest absolute Gasteiger partial charge is 0.475 e. The Morgan fingerprint density at radius 2 is 1.94 bits per heavy atom. The Hall–Kier alpha value is -1.77. The highest BCUT2D eigenvalue weighted by Gasteiger charge is 2.19. The van der Waals surface area contributed by atoms with Gasteiger partial charge < -0.3 is 9.52 Å². The Labute approximate surface area is 106 Å². The van der Waals surface area contributed by atoms with Gasteiger partial charge in [-0.05, 0) is 30.5 Å². The summed E-state index contributed by atoms with van der Waals surface area (Å²) in [6.45, 7) is 4.18. The van der Waals surface area contributed by atoms with Crippen molar-refractivity contribution in [3.05, 3.63) is 35.1 Å². The maximum Gasteiger partial charge on any atom is 0.372 e. The number of carboxylic acid groups (broad SMARTS) is 1. The molecule has 1 heterocycles. The van der Waals surface area contributed by atoms with Gasteiger partial charge in [0.25, 0.3) is 0 Å². The van der Waals surface area contributed by atoms with Gasteiger partial charge in [-0.25, -0.2) is 4.79 Å². The lowest BCUT2D eigenvalue weighted by Gasteiger charge is -2.00. The number of aromatic carboxylic acids is 1. The van der Waals surface area contributed by atoms with Crippen molar-refractivity contribution in [2.45, 2.75) is 39.5 Å². The van der Waals surface area contributed by atoms with Crippen LogP contribution in [0.5, 0.6) is 0 Å². The van der Waals surface area contributed by atoms with Crippen LogP contribution < -0.4 is 0 Å². The van der Waals surface area contributed by atoms with Gasteiger partial charge in [-0.1, -0.05) is 32.8 Å². The van der Waals surface area contributed by atoms with Gasteiger partial charge in [0.15, 0.2) is 0 Å². The second-order valence-electron chi connectivity index (χ2n) is 4.55. The first kappa shape index (κ1) is 12.7. The van der Waals surface area contributed by atoms with E-state index in [4.69, 9.17) is 4.42 Å². The fourth-order valence-corrected chi connectivity index (χ4v) is 2.31. The zero-order chi connectivity index (χ0) is 13.1. The number of fused-ring (bicyclic) bond motifs is 1. The van der Waals surface area contributed by atoms with Crippen molar-refractivity contribution in [3.8, 4) is 0 Å². The van der Waals surface area contributed by atoms with Crippen molar-refractivity contribution in [3.63, 3.8) is 0 Å². The summed E-state index contributed by atoms with van der Waals surface area (Å²) in [5.74, 6) is -0.882. The standard InChI is InChI=1S/C15H18O3/c1-3-5-10-7-8-13-12(9-10)11(6-4-2)14(18-13)15(16)17/h7-9H,3-6H2,1-2H3,(H,16,17). The van der Waals surface area contributed by atoms with Crippen LogP contribution in [0.1, 0.15) is 48.4 Å². The van der Waals surface area contributed by atoms with Crippen molar-refractivity contribution < 1.29 is 14.3 Å².